The second-order valence-electron chi connectivity index (χ2n) is 7.38. The first-order valence-electron chi connectivity index (χ1n) is 10.5. The molecule has 0 bridgehead atoms. The molecule has 2 aromatic heterocycles. The van der Waals surface area contributed by atoms with Crippen LogP contribution in [-0.2, 0) is 15.7 Å². The minimum atomic E-state index is -4.72. The molecule has 0 radical (unpaired) electrons. The van der Waals surface area contributed by atoms with E-state index >= 15 is 0 Å². The molecule has 1 atom stereocenters. The molecule has 36 heavy (non-hydrogen) atoms. The summed E-state index contributed by atoms with van der Waals surface area (Å²) in [6.07, 6.45) is -4.72. The molecule has 0 spiro atoms. The van der Waals surface area contributed by atoms with Gasteiger partial charge in [0.2, 0.25) is 5.91 Å². The Kier molecular flexibility index (Phi) is 8.35. The fourth-order valence-electron chi connectivity index (χ4n) is 3.09. The van der Waals surface area contributed by atoms with Gasteiger partial charge in [-0.3, -0.25) is 9.59 Å². The van der Waals surface area contributed by atoms with Crippen LogP contribution >= 0.6 is 23.1 Å². The number of amides is 2. The third-order valence-corrected chi connectivity index (χ3v) is 6.99. The van der Waals surface area contributed by atoms with Crippen molar-refractivity contribution in [2.45, 2.75) is 37.4 Å². The number of esters is 1. The lowest BCUT2D eigenvalue weighted by Gasteiger charge is -2.14. The minimum Gasteiger partial charge on any atom is -0.462 e. The first kappa shape index (κ1) is 27.1. The summed E-state index contributed by atoms with van der Waals surface area (Å²) < 4.78 is 45.4. The van der Waals surface area contributed by atoms with Crippen molar-refractivity contribution >= 4 is 45.9 Å². The van der Waals surface area contributed by atoms with Gasteiger partial charge in [-0.15, -0.1) is 11.3 Å². The van der Waals surface area contributed by atoms with Gasteiger partial charge in [-0.2, -0.15) is 13.2 Å². The Morgan fingerprint density at radius 1 is 1.19 bits per heavy atom. The Bertz CT molecular complexity index is 1300. The number of anilines is 1. The number of carbonyl (C=O) groups excluding carboxylic acids is 3. The first-order chi connectivity index (χ1) is 16.9. The van der Waals surface area contributed by atoms with Crippen LogP contribution in [0.5, 0.6) is 0 Å². The average Bonchev–Trinajstić information content (AvgIpc) is 3.15. The molecule has 1 aromatic carbocycles. The Morgan fingerprint density at radius 2 is 1.86 bits per heavy atom. The van der Waals surface area contributed by atoms with Crippen molar-refractivity contribution in [1.82, 2.24) is 9.97 Å². The zero-order chi connectivity index (χ0) is 26.6. The molecule has 0 saturated heterocycles. The molecule has 0 aliphatic rings. The number of aromatic nitrogens is 2. The van der Waals surface area contributed by atoms with Gasteiger partial charge < -0.3 is 15.8 Å². The van der Waals surface area contributed by atoms with Gasteiger partial charge in [-0.25, -0.2) is 14.8 Å². The van der Waals surface area contributed by atoms with Crippen LogP contribution in [0.3, 0.4) is 0 Å². The van der Waals surface area contributed by atoms with Gasteiger partial charge in [0.05, 0.1) is 28.0 Å². The third-order valence-electron chi connectivity index (χ3n) is 4.80. The largest absolute Gasteiger partial charge is 0.462 e. The Morgan fingerprint density at radius 3 is 2.44 bits per heavy atom. The predicted molar refractivity (Wildman–Crippen MR) is 130 cm³/mol. The Labute approximate surface area is 212 Å². The lowest BCUT2D eigenvalue weighted by Crippen LogP contribution is -2.23. The third kappa shape index (κ3) is 6.21. The Hall–Kier alpha value is -3.45. The van der Waals surface area contributed by atoms with E-state index in [4.69, 9.17) is 10.5 Å². The zero-order valence-corrected chi connectivity index (χ0v) is 20.9. The number of hydrogen-bond donors (Lipinski definition) is 2. The molecule has 0 aliphatic heterocycles. The van der Waals surface area contributed by atoms with Crippen molar-refractivity contribution < 1.29 is 32.3 Å². The van der Waals surface area contributed by atoms with E-state index in [1.54, 1.807) is 37.3 Å². The highest BCUT2D eigenvalue weighted by molar-refractivity contribution is 8.00. The van der Waals surface area contributed by atoms with E-state index in [0.717, 1.165) is 17.4 Å². The highest BCUT2D eigenvalue weighted by Crippen LogP contribution is 2.35. The summed E-state index contributed by atoms with van der Waals surface area (Å²) in [4.78, 5) is 44.9. The molecule has 0 unspecified atom stereocenters. The van der Waals surface area contributed by atoms with Crippen LogP contribution in [0, 0.1) is 6.92 Å². The lowest BCUT2D eigenvalue weighted by molar-refractivity contribution is -0.141. The number of benzene rings is 1. The van der Waals surface area contributed by atoms with E-state index in [1.807, 2.05) is 0 Å². The molecule has 2 heterocycles. The van der Waals surface area contributed by atoms with Gasteiger partial charge in [-0.05, 0) is 32.4 Å². The summed E-state index contributed by atoms with van der Waals surface area (Å²) in [5.41, 5.74) is 4.98. The molecule has 0 aliphatic carbocycles. The minimum absolute atomic E-state index is 0.0112. The predicted octanol–water partition coefficient (Wildman–Crippen LogP) is 4.93. The van der Waals surface area contributed by atoms with Crippen LogP contribution in [0.4, 0.5) is 18.2 Å². The standard InChI is InChI=1S/C23H21F3N4O4S2/c1-4-34-21(33)16-11(2)17(18(27)31)36-20(16)30-19(32)12(3)35-22-28-14(13-8-6-5-7-9-13)10-15(29-22)23(24,25)26/h5-10,12H,4H2,1-3H3,(H2,27,31)(H,30,32)/t12-/m0/s1. The number of alkyl halides is 3. The van der Waals surface area contributed by atoms with Crippen LogP contribution in [0.25, 0.3) is 11.3 Å². The number of carbonyl (C=O) groups is 3. The molecule has 0 fully saturated rings. The molecule has 3 aromatic rings. The maximum absolute atomic E-state index is 13.5. The number of primary amides is 1. The number of rotatable bonds is 8. The van der Waals surface area contributed by atoms with E-state index in [9.17, 15) is 27.6 Å². The van der Waals surface area contributed by atoms with Crippen molar-refractivity contribution in [3.63, 3.8) is 0 Å². The van der Waals surface area contributed by atoms with Crippen molar-refractivity contribution in [1.29, 1.82) is 0 Å². The molecule has 190 valence electrons. The topological polar surface area (TPSA) is 124 Å². The van der Waals surface area contributed by atoms with Gasteiger partial charge in [0.1, 0.15) is 10.7 Å². The van der Waals surface area contributed by atoms with Gasteiger partial charge in [-0.1, -0.05) is 42.1 Å². The quantitative estimate of drug-likeness (QED) is 0.237. The maximum Gasteiger partial charge on any atom is 0.433 e. The highest BCUT2D eigenvalue weighted by atomic mass is 32.2. The van der Waals surface area contributed by atoms with Crippen LogP contribution in [0.1, 0.15) is 45.1 Å². The van der Waals surface area contributed by atoms with Crippen molar-refractivity contribution in [3.05, 3.63) is 58.1 Å². The van der Waals surface area contributed by atoms with Gasteiger partial charge in [0.25, 0.3) is 5.91 Å². The summed E-state index contributed by atoms with van der Waals surface area (Å²) in [6, 6.07) is 9.11. The Balaban J connectivity index is 1.89. The monoisotopic (exact) mass is 538 g/mol. The number of halogens is 3. The number of ether oxygens (including phenoxy) is 1. The SMILES string of the molecule is CCOC(=O)c1c(NC(=O)[C@H](C)Sc2nc(-c3ccccc3)cc(C(F)(F)F)n2)sc(C(N)=O)c1C. The van der Waals surface area contributed by atoms with Crippen LogP contribution in [-0.4, -0.2) is 39.6 Å². The summed E-state index contributed by atoms with van der Waals surface area (Å²) in [5, 5.41) is 1.38. The number of thioether (sulfide) groups is 1. The van der Waals surface area contributed by atoms with E-state index in [-0.39, 0.29) is 38.5 Å². The summed E-state index contributed by atoms with van der Waals surface area (Å²) in [6.45, 7) is 4.62. The number of nitrogens with zero attached hydrogens (tertiary/aromatic N) is 2. The van der Waals surface area contributed by atoms with Gasteiger partial charge >= 0.3 is 12.1 Å². The smallest absolute Gasteiger partial charge is 0.433 e. The second-order valence-corrected chi connectivity index (χ2v) is 9.71. The zero-order valence-electron chi connectivity index (χ0n) is 19.3. The fraction of sp³-hybridized carbons (Fsp3) is 0.261. The van der Waals surface area contributed by atoms with E-state index in [0.29, 0.717) is 17.3 Å². The van der Waals surface area contributed by atoms with Crippen molar-refractivity contribution in [2.75, 3.05) is 11.9 Å². The molecule has 8 nitrogen and oxygen atoms in total. The van der Waals surface area contributed by atoms with E-state index < -0.39 is 34.9 Å². The average molecular weight is 539 g/mol. The second kappa shape index (κ2) is 11.1. The number of thiophene rings is 1. The number of nitrogens with two attached hydrogens (primary N) is 1. The van der Waals surface area contributed by atoms with Crippen molar-refractivity contribution in [2.24, 2.45) is 5.73 Å². The first-order valence-corrected chi connectivity index (χ1v) is 12.2. The van der Waals surface area contributed by atoms with Gasteiger partial charge in [0, 0.05) is 5.56 Å². The molecule has 2 amide bonds. The lowest BCUT2D eigenvalue weighted by atomic mass is 10.1. The normalized spacial score (nSPS) is 12.2. The molecular weight excluding hydrogens is 517 g/mol. The van der Waals surface area contributed by atoms with Gasteiger partial charge in [0.15, 0.2) is 5.16 Å². The molecular formula is C23H21F3N4O4S2. The molecule has 13 heteroatoms. The number of hydrogen-bond acceptors (Lipinski definition) is 8. The summed E-state index contributed by atoms with van der Waals surface area (Å²) >= 11 is 1.52. The highest BCUT2D eigenvalue weighted by Gasteiger charge is 2.34. The van der Waals surface area contributed by atoms with Crippen LogP contribution in [0.2, 0.25) is 0 Å². The molecule has 3 rings (SSSR count). The molecule has 3 N–H and O–H groups in total. The number of nitrogens with one attached hydrogen (secondary N) is 1. The van der Waals surface area contributed by atoms with Crippen molar-refractivity contribution in [3.8, 4) is 11.3 Å². The maximum atomic E-state index is 13.5. The van der Waals surface area contributed by atoms with Crippen LogP contribution < -0.4 is 11.1 Å². The van der Waals surface area contributed by atoms with E-state index in [1.165, 1.54) is 13.8 Å². The van der Waals surface area contributed by atoms with E-state index in [2.05, 4.69) is 15.3 Å². The summed E-state index contributed by atoms with van der Waals surface area (Å²) in [7, 11) is 0. The fourth-order valence-corrected chi connectivity index (χ4v) is 4.92. The van der Waals surface area contributed by atoms with Crippen LogP contribution in [0.15, 0.2) is 41.6 Å². The molecule has 0 saturated carbocycles. The summed E-state index contributed by atoms with van der Waals surface area (Å²) in [5.74, 6) is -2.18.